The summed E-state index contributed by atoms with van der Waals surface area (Å²) < 4.78 is 0. The molecule has 0 aliphatic heterocycles. The fourth-order valence-electron chi connectivity index (χ4n) is 0. The summed E-state index contributed by atoms with van der Waals surface area (Å²) in [5.41, 5.74) is 0. The van der Waals surface area contributed by atoms with E-state index in [9.17, 15) is 4.79 Å². The average molecular weight is 164 g/mol. The van der Waals surface area contributed by atoms with Crippen molar-refractivity contribution in [2.75, 3.05) is 7.11 Å². The first-order chi connectivity index (χ1) is 5.00. The van der Waals surface area contributed by atoms with Crippen LogP contribution in [0.4, 0.5) is 0 Å². The van der Waals surface area contributed by atoms with Crippen LogP contribution < -0.4 is 0 Å². The molecule has 0 saturated carbocycles. The number of hydrogen-bond acceptors (Lipinski definition) is 3. The molecule has 0 heterocycles. The predicted molar refractivity (Wildman–Crippen MR) is 46.5 cm³/mol. The number of Topliss-reactive ketones (excluding diaryl/α,β-unsaturated/α-hetero) is 1. The molecule has 0 radical (unpaired) electrons. The maximum absolute atomic E-state index is 9.81. The second-order valence-electron chi connectivity index (χ2n) is 2.15. The van der Waals surface area contributed by atoms with Gasteiger partial charge >= 0.3 is 0 Å². The molecule has 0 amide bonds. The second kappa shape index (κ2) is 16.3. The molecule has 0 rings (SSSR count). The third-order valence-corrected chi connectivity index (χ3v) is 0.498. The van der Waals surface area contributed by atoms with E-state index in [2.05, 4.69) is 0 Å². The molecule has 0 aromatic carbocycles. The summed E-state index contributed by atoms with van der Waals surface area (Å²) in [6.45, 7) is 6.88. The lowest BCUT2D eigenvalue weighted by atomic mass is 10.4. The molecule has 0 aliphatic rings. The molecule has 0 unspecified atom stereocenters. The lowest BCUT2D eigenvalue weighted by molar-refractivity contribution is -0.116. The molecule has 0 spiro atoms. The van der Waals surface area contributed by atoms with Crippen molar-refractivity contribution in [1.29, 1.82) is 0 Å². The number of ketones is 1. The molecule has 70 valence electrons. The van der Waals surface area contributed by atoms with E-state index >= 15 is 0 Å². The first kappa shape index (κ1) is 16.9. The lowest BCUT2D eigenvalue weighted by Crippen LogP contribution is -1.85. The third-order valence-electron chi connectivity index (χ3n) is 0.498. The Bertz CT molecular complexity index is 67.0. The standard InChI is InChI=1S/C4H8O.C3H8O.CH4O/c1-3-4(2)5;1-3(2)4;1-2/h3H2,1-2H3;3-4H,1-2H3;2H,1H3. The molecule has 0 aromatic heterocycles. The van der Waals surface area contributed by atoms with Crippen LogP contribution in [-0.4, -0.2) is 29.2 Å². The summed E-state index contributed by atoms with van der Waals surface area (Å²) in [5.74, 6) is 0.255. The van der Waals surface area contributed by atoms with Gasteiger partial charge in [0.15, 0.2) is 0 Å². The summed E-state index contributed by atoms with van der Waals surface area (Å²) in [6.07, 6.45) is 0.500. The summed E-state index contributed by atoms with van der Waals surface area (Å²) in [5, 5.41) is 15.1. The zero-order valence-corrected chi connectivity index (χ0v) is 8.09. The van der Waals surface area contributed by atoms with Gasteiger partial charge < -0.3 is 15.0 Å². The Balaban J connectivity index is -0.0000000965. The molecule has 0 aromatic rings. The molecule has 11 heavy (non-hydrogen) atoms. The van der Waals surface area contributed by atoms with Gasteiger partial charge in [0.2, 0.25) is 0 Å². The first-order valence-electron chi connectivity index (χ1n) is 3.62. The van der Waals surface area contributed by atoms with E-state index in [1.165, 1.54) is 0 Å². The van der Waals surface area contributed by atoms with Gasteiger partial charge in [-0.25, -0.2) is 0 Å². The fourth-order valence-corrected chi connectivity index (χ4v) is 0. The summed E-state index contributed by atoms with van der Waals surface area (Å²) in [7, 11) is 1.00. The van der Waals surface area contributed by atoms with Crippen LogP contribution in [0.5, 0.6) is 0 Å². The van der Waals surface area contributed by atoms with Gasteiger partial charge in [0.1, 0.15) is 5.78 Å². The minimum atomic E-state index is -0.167. The highest BCUT2D eigenvalue weighted by Gasteiger charge is 1.76. The molecule has 0 atom stereocenters. The minimum Gasteiger partial charge on any atom is -0.400 e. The van der Waals surface area contributed by atoms with Gasteiger partial charge in [0, 0.05) is 19.6 Å². The Morgan fingerprint density at radius 3 is 1.45 bits per heavy atom. The van der Waals surface area contributed by atoms with E-state index in [0.717, 1.165) is 7.11 Å². The van der Waals surface area contributed by atoms with Gasteiger partial charge in [-0.1, -0.05) is 6.92 Å². The monoisotopic (exact) mass is 164 g/mol. The highest BCUT2D eigenvalue weighted by molar-refractivity contribution is 5.74. The Hall–Kier alpha value is -0.410. The molecule has 0 bridgehead atoms. The van der Waals surface area contributed by atoms with Gasteiger partial charge in [0.05, 0.1) is 0 Å². The topological polar surface area (TPSA) is 57.5 Å². The van der Waals surface area contributed by atoms with Crippen molar-refractivity contribution in [3.05, 3.63) is 0 Å². The largest absolute Gasteiger partial charge is 0.400 e. The summed E-state index contributed by atoms with van der Waals surface area (Å²) in [4.78, 5) is 9.81. The van der Waals surface area contributed by atoms with Gasteiger partial charge in [0.25, 0.3) is 0 Å². The van der Waals surface area contributed by atoms with Crippen LogP contribution in [-0.2, 0) is 4.79 Å². The number of aliphatic hydroxyl groups is 2. The van der Waals surface area contributed by atoms with Crippen LogP contribution in [0.2, 0.25) is 0 Å². The maximum Gasteiger partial charge on any atom is 0.129 e. The smallest absolute Gasteiger partial charge is 0.129 e. The van der Waals surface area contributed by atoms with E-state index in [4.69, 9.17) is 10.2 Å². The van der Waals surface area contributed by atoms with Crippen molar-refractivity contribution in [2.45, 2.75) is 40.2 Å². The molecule has 2 N–H and O–H groups in total. The van der Waals surface area contributed by atoms with Crippen molar-refractivity contribution in [2.24, 2.45) is 0 Å². The van der Waals surface area contributed by atoms with Crippen molar-refractivity contribution >= 4 is 5.78 Å². The Morgan fingerprint density at radius 1 is 1.36 bits per heavy atom. The Kier molecular flexibility index (Phi) is 25.0. The van der Waals surface area contributed by atoms with Crippen LogP contribution >= 0.6 is 0 Å². The number of hydrogen-bond donors (Lipinski definition) is 2. The van der Waals surface area contributed by atoms with Gasteiger partial charge in [-0.05, 0) is 20.8 Å². The van der Waals surface area contributed by atoms with E-state index in [-0.39, 0.29) is 11.9 Å². The Labute approximate surface area is 69.1 Å². The summed E-state index contributed by atoms with van der Waals surface area (Å²) >= 11 is 0. The first-order valence-corrected chi connectivity index (χ1v) is 3.62. The van der Waals surface area contributed by atoms with Crippen LogP contribution in [0.3, 0.4) is 0 Å². The summed E-state index contributed by atoms with van der Waals surface area (Å²) in [6, 6.07) is 0. The molecule has 3 heteroatoms. The zero-order valence-electron chi connectivity index (χ0n) is 8.09. The van der Waals surface area contributed by atoms with Crippen LogP contribution in [0.1, 0.15) is 34.1 Å². The zero-order chi connectivity index (χ0) is 9.86. The molecule has 0 aliphatic carbocycles. The Morgan fingerprint density at radius 2 is 1.45 bits per heavy atom. The van der Waals surface area contributed by atoms with E-state index in [1.54, 1.807) is 20.8 Å². The van der Waals surface area contributed by atoms with Gasteiger partial charge in [-0.15, -0.1) is 0 Å². The minimum absolute atomic E-state index is 0.167. The molecule has 0 fully saturated rings. The average Bonchev–Trinajstić information content (AvgIpc) is 1.91. The SMILES string of the molecule is CC(C)O.CCC(C)=O.CO. The third kappa shape index (κ3) is 219. The fraction of sp³-hybridized carbons (Fsp3) is 0.875. The van der Waals surface area contributed by atoms with Gasteiger partial charge in [-0.3, -0.25) is 0 Å². The van der Waals surface area contributed by atoms with Crippen LogP contribution in [0, 0.1) is 0 Å². The molecule has 3 nitrogen and oxygen atoms in total. The highest BCUT2D eigenvalue weighted by Crippen LogP contribution is 1.71. The van der Waals surface area contributed by atoms with Gasteiger partial charge in [-0.2, -0.15) is 0 Å². The maximum atomic E-state index is 9.81. The molecule has 0 saturated heterocycles. The van der Waals surface area contributed by atoms with E-state index < -0.39 is 0 Å². The number of aliphatic hydroxyl groups excluding tert-OH is 2. The quantitative estimate of drug-likeness (QED) is 0.607. The van der Waals surface area contributed by atoms with Crippen molar-refractivity contribution in [3.8, 4) is 0 Å². The second-order valence-corrected chi connectivity index (χ2v) is 2.15. The normalized spacial score (nSPS) is 7.27. The number of rotatable bonds is 1. The van der Waals surface area contributed by atoms with E-state index in [1.807, 2.05) is 6.92 Å². The van der Waals surface area contributed by atoms with Crippen LogP contribution in [0.15, 0.2) is 0 Å². The number of carbonyl (C=O) groups is 1. The van der Waals surface area contributed by atoms with E-state index in [0.29, 0.717) is 6.42 Å². The van der Waals surface area contributed by atoms with Crippen molar-refractivity contribution in [1.82, 2.24) is 0 Å². The molecular formula is C8H20O3. The van der Waals surface area contributed by atoms with Crippen molar-refractivity contribution < 1.29 is 15.0 Å². The van der Waals surface area contributed by atoms with Crippen molar-refractivity contribution in [3.63, 3.8) is 0 Å². The highest BCUT2D eigenvalue weighted by atomic mass is 16.3. The lowest BCUT2D eigenvalue weighted by Gasteiger charge is -1.80. The number of carbonyl (C=O) groups excluding carboxylic acids is 1. The predicted octanol–water partition coefficient (Wildman–Crippen LogP) is 0.981. The van der Waals surface area contributed by atoms with Crippen LogP contribution in [0.25, 0.3) is 0 Å². The molecular weight excluding hydrogens is 144 g/mol.